The third kappa shape index (κ3) is 5.42. The van der Waals surface area contributed by atoms with Crippen molar-refractivity contribution in [3.63, 3.8) is 0 Å². The largest absolute Gasteiger partial charge is 0.478 e. The molecule has 0 radical (unpaired) electrons. The molecule has 1 aliphatic heterocycles. The number of rotatable bonds is 9. The molecular weight excluding hydrogens is 542 g/mol. The van der Waals surface area contributed by atoms with E-state index in [4.69, 9.17) is 19.7 Å². The van der Waals surface area contributed by atoms with Crippen molar-refractivity contribution in [1.29, 1.82) is 5.26 Å². The maximum atomic E-state index is 15.5. The van der Waals surface area contributed by atoms with Gasteiger partial charge in [-0.3, -0.25) is 0 Å². The Labute approximate surface area is 239 Å². The zero-order chi connectivity index (χ0) is 29.2. The Balaban J connectivity index is 1.27. The number of nitriles is 1. The first-order valence-corrected chi connectivity index (χ1v) is 13.3. The van der Waals surface area contributed by atoms with Gasteiger partial charge in [0.2, 0.25) is 5.88 Å². The number of aromatic carboxylic acids is 1. The summed E-state index contributed by atoms with van der Waals surface area (Å²) in [5.41, 5.74) is 3.39. The van der Waals surface area contributed by atoms with Crippen LogP contribution in [0.15, 0.2) is 72.9 Å². The molecule has 5 aromatic rings. The minimum absolute atomic E-state index is 0.0105. The van der Waals surface area contributed by atoms with Crippen LogP contribution < -0.4 is 4.74 Å². The molecule has 0 saturated carbocycles. The first-order valence-electron chi connectivity index (χ1n) is 13.3. The van der Waals surface area contributed by atoms with Crippen molar-refractivity contribution in [3.8, 4) is 23.1 Å². The molecule has 3 aromatic carbocycles. The van der Waals surface area contributed by atoms with Gasteiger partial charge < -0.3 is 19.1 Å². The van der Waals surface area contributed by atoms with Crippen LogP contribution in [0.3, 0.4) is 0 Å². The number of fused-ring (bicyclic) bond motifs is 1. The van der Waals surface area contributed by atoms with E-state index in [0.29, 0.717) is 46.7 Å². The number of imidazole rings is 1. The number of aromatic nitrogens is 3. The normalized spacial score (nSPS) is 14.4. The second-order valence-corrected chi connectivity index (χ2v) is 9.97. The second-order valence-electron chi connectivity index (χ2n) is 9.97. The van der Waals surface area contributed by atoms with Crippen molar-refractivity contribution in [2.45, 2.75) is 32.1 Å². The van der Waals surface area contributed by atoms with Gasteiger partial charge in [0.15, 0.2) is 0 Å². The number of halogens is 2. The van der Waals surface area contributed by atoms with Gasteiger partial charge in [-0.2, -0.15) is 5.26 Å². The minimum atomic E-state index is -1.03. The number of hydrogen-bond acceptors (Lipinski definition) is 6. The highest BCUT2D eigenvalue weighted by Crippen LogP contribution is 2.31. The first kappa shape index (κ1) is 27.1. The monoisotopic (exact) mass is 566 g/mol. The van der Waals surface area contributed by atoms with E-state index in [0.717, 1.165) is 12.5 Å². The Morgan fingerprint density at radius 2 is 1.90 bits per heavy atom. The summed E-state index contributed by atoms with van der Waals surface area (Å²) in [5.74, 6) is -1.23. The number of carboxylic acid groups (broad SMARTS) is 1. The van der Waals surface area contributed by atoms with E-state index in [2.05, 4.69) is 4.98 Å². The van der Waals surface area contributed by atoms with Crippen LogP contribution in [-0.4, -0.2) is 38.3 Å². The van der Waals surface area contributed by atoms with E-state index in [1.54, 1.807) is 36.4 Å². The number of ether oxygens (including phenoxy) is 2. The number of carbonyl (C=O) groups is 1. The molecule has 0 bridgehead atoms. The fraction of sp³-hybridized carbons (Fsp3) is 0.188. The van der Waals surface area contributed by atoms with Crippen LogP contribution in [0.2, 0.25) is 0 Å². The molecular formula is C32H24F2N4O4. The number of hydrogen-bond donors (Lipinski definition) is 1. The van der Waals surface area contributed by atoms with E-state index in [1.165, 1.54) is 30.5 Å². The van der Waals surface area contributed by atoms with Crippen LogP contribution in [0, 0.1) is 23.0 Å². The molecule has 0 unspecified atom stereocenters. The smallest absolute Gasteiger partial charge is 0.335 e. The Hall–Kier alpha value is -5.14. The Kier molecular flexibility index (Phi) is 7.33. The Morgan fingerprint density at radius 1 is 1.10 bits per heavy atom. The lowest BCUT2D eigenvalue weighted by molar-refractivity contribution is -0.0589. The van der Waals surface area contributed by atoms with Gasteiger partial charge >= 0.3 is 5.97 Å². The molecule has 1 aliphatic rings. The molecule has 2 aromatic heterocycles. The summed E-state index contributed by atoms with van der Waals surface area (Å²) in [5, 5.41) is 18.4. The molecule has 8 nitrogen and oxygen atoms in total. The molecule has 10 heteroatoms. The molecule has 0 aliphatic carbocycles. The van der Waals surface area contributed by atoms with Gasteiger partial charge in [-0.25, -0.2) is 23.5 Å². The molecule has 1 N–H and O–H groups in total. The molecule has 3 heterocycles. The van der Waals surface area contributed by atoms with Crippen molar-refractivity contribution in [2.75, 3.05) is 6.61 Å². The molecule has 210 valence electrons. The van der Waals surface area contributed by atoms with Gasteiger partial charge in [0.1, 0.15) is 24.1 Å². The van der Waals surface area contributed by atoms with E-state index in [1.807, 2.05) is 10.6 Å². The lowest BCUT2D eigenvalue weighted by atomic mass is 10.0. The van der Waals surface area contributed by atoms with E-state index >= 15 is 4.39 Å². The van der Waals surface area contributed by atoms with Crippen LogP contribution in [-0.2, 0) is 24.3 Å². The molecule has 0 spiro atoms. The third-order valence-corrected chi connectivity index (χ3v) is 7.28. The van der Waals surface area contributed by atoms with Crippen molar-refractivity contribution >= 4 is 17.0 Å². The number of pyridine rings is 1. The average Bonchev–Trinajstić information content (AvgIpc) is 3.31. The van der Waals surface area contributed by atoms with Gasteiger partial charge in [-0.1, -0.05) is 18.2 Å². The van der Waals surface area contributed by atoms with E-state index in [9.17, 15) is 14.3 Å². The lowest BCUT2D eigenvalue weighted by Gasteiger charge is -2.27. The molecule has 42 heavy (non-hydrogen) atoms. The molecule has 0 amide bonds. The summed E-state index contributed by atoms with van der Waals surface area (Å²) in [6.07, 6.45) is 2.59. The number of nitrogens with zero attached hydrogens (tertiary/aromatic N) is 4. The van der Waals surface area contributed by atoms with Gasteiger partial charge in [-0.05, 0) is 66.1 Å². The molecule has 1 atom stereocenters. The van der Waals surface area contributed by atoms with Crippen molar-refractivity contribution in [1.82, 2.24) is 14.5 Å². The summed E-state index contributed by atoms with van der Waals surface area (Å²) >= 11 is 0. The second kappa shape index (κ2) is 11.4. The topological polar surface area (TPSA) is 110 Å². The summed E-state index contributed by atoms with van der Waals surface area (Å²) in [6, 6.07) is 19.0. The van der Waals surface area contributed by atoms with Gasteiger partial charge in [0, 0.05) is 30.4 Å². The third-order valence-electron chi connectivity index (χ3n) is 7.28. The number of carboxylic acids is 1. The fourth-order valence-corrected chi connectivity index (χ4v) is 4.91. The lowest BCUT2D eigenvalue weighted by Crippen LogP contribution is -2.31. The highest BCUT2D eigenvalue weighted by molar-refractivity contribution is 5.92. The van der Waals surface area contributed by atoms with E-state index in [-0.39, 0.29) is 41.7 Å². The van der Waals surface area contributed by atoms with Crippen molar-refractivity contribution in [2.24, 2.45) is 0 Å². The predicted octanol–water partition coefficient (Wildman–Crippen LogP) is 5.91. The van der Waals surface area contributed by atoms with Crippen LogP contribution in [0.25, 0.3) is 22.2 Å². The highest BCUT2D eigenvalue weighted by Gasteiger charge is 2.23. The maximum Gasteiger partial charge on any atom is 0.335 e. The predicted molar refractivity (Wildman–Crippen MR) is 149 cm³/mol. The summed E-state index contributed by atoms with van der Waals surface area (Å²) < 4.78 is 43.2. The van der Waals surface area contributed by atoms with Gasteiger partial charge in [0.25, 0.3) is 0 Å². The Bertz CT molecular complexity index is 1860. The van der Waals surface area contributed by atoms with Crippen molar-refractivity contribution < 1.29 is 28.2 Å². The van der Waals surface area contributed by atoms with Crippen LogP contribution >= 0.6 is 0 Å². The highest BCUT2D eigenvalue weighted by atomic mass is 19.1. The quantitative estimate of drug-likeness (QED) is 0.236. The fourth-order valence-electron chi connectivity index (χ4n) is 4.91. The van der Waals surface area contributed by atoms with E-state index < -0.39 is 17.6 Å². The first-order chi connectivity index (χ1) is 20.4. The average molecular weight is 567 g/mol. The SMILES string of the molecule is N#Cc1ccc(COc2ncccc2-c2ccc(Cc3nc4ccc(C(=O)O)cc4n3C[C@@H]3CCO3)c(F)c2)c(F)c1. The summed E-state index contributed by atoms with van der Waals surface area (Å²) in [7, 11) is 0. The van der Waals surface area contributed by atoms with Crippen LogP contribution in [0.1, 0.15) is 39.3 Å². The maximum absolute atomic E-state index is 15.5. The molecule has 6 rings (SSSR count). The van der Waals surface area contributed by atoms with Gasteiger partial charge in [0.05, 0.1) is 40.9 Å². The Morgan fingerprint density at radius 3 is 2.62 bits per heavy atom. The molecule has 1 fully saturated rings. The standard InChI is InChI=1S/C32H24F2N4O4/c33-26-12-19(16-35)3-4-23(26)18-42-31-25(2-1-10-36-31)20-5-6-21(27(34)13-20)15-30-37-28-8-7-22(32(39)40)14-29(28)38(30)17-24-9-11-41-24/h1-8,10,12-14,24H,9,11,15,17-18H2,(H,39,40)/t24-/m0/s1. The summed E-state index contributed by atoms with van der Waals surface area (Å²) in [4.78, 5) is 20.5. The zero-order valence-corrected chi connectivity index (χ0v) is 22.3. The van der Waals surface area contributed by atoms with Crippen LogP contribution in [0.5, 0.6) is 5.88 Å². The van der Waals surface area contributed by atoms with Crippen molar-refractivity contribution in [3.05, 3.63) is 113 Å². The van der Waals surface area contributed by atoms with Gasteiger partial charge in [-0.15, -0.1) is 0 Å². The number of benzene rings is 3. The van der Waals surface area contributed by atoms with Crippen LogP contribution in [0.4, 0.5) is 8.78 Å². The summed E-state index contributed by atoms with van der Waals surface area (Å²) in [6.45, 7) is 1.04. The molecule has 1 saturated heterocycles. The minimum Gasteiger partial charge on any atom is -0.478 e. The zero-order valence-electron chi connectivity index (χ0n) is 22.3.